The van der Waals surface area contributed by atoms with Gasteiger partial charge in [-0.1, -0.05) is 77.7 Å². The van der Waals surface area contributed by atoms with Gasteiger partial charge in [-0.15, -0.1) is 13.2 Å². The number of hydrogen-bond donors (Lipinski definition) is 1. The molecule has 1 saturated carbocycles. The van der Waals surface area contributed by atoms with Crippen molar-refractivity contribution in [2.75, 3.05) is 26.7 Å². The summed E-state index contributed by atoms with van der Waals surface area (Å²) in [6, 6.07) is 7.62. The molecule has 5 rings (SSSR count). The molecule has 1 N–H and O–H groups in total. The van der Waals surface area contributed by atoms with Gasteiger partial charge in [-0.25, -0.2) is 0 Å². The van der Waals surface area contributed by atoms with Gasteiger partial charge in [0.1, 0.15) is 11.6 Å². The lowest BCUT2D eigenvalue weighted by Gasteiger charge is -2.42. The first-order chi connectivity index (χ1) is 19.3. The van der Waals surface area contributed by atoms with E-state index >= 15 is 0 Å². The van der Waals surface area contributed by atoms with Crippen LogP contribution in [0.4, 0.5) is 0 Å². The molecule has 3 amide bonds. The molecular formula is C31H40BrN3O5. The number of benzene rings is 1. The number of hydrogen-bond acceptors (Lipinski definition) is 5. The SMILES string of the molecule is C=CCN(C)C(=O)[C@H]1[C@@H]2OC3(CC2Br)C(C(=O)N(CC=C)C2CCCCC2)N([C@H](CO)c2ccccc2)C(=O)[C@H]13. The Balaban J connectivity index is 1.63. The van der Waals surface area contributed by atoms with Crippen LogP contribution in [0, 0.1) is 11.8 Å². The van der Waals surface area contributed by atoms with E-state index in [0.717, 1.165) is 37.7 Å². The van der Waals surface area contributed by atoms with Crippen LogP contribution in [-0.4, -0.2) is 92.9 Å². The van der Waals surface area contributed by atoms with Gasteiger partial charge in [0, 0.05) is 31.0 Å². The summed E-state index contributed by atoms with van der Waals surface area (Å²) in [4.78, 5) is 47.9. The molecule has 9 heteroatoms. The van der Waals surface area contributed by atoms with E-state index in [1.165, 1.54) is 0 Å². The second kappa shape index (κ2) is 11.8. The van der Waals surface area contributed by atoms with Gasteiger partial charge in [-0.2, -0.15) is 0 Å². The van der Waals surface area contributed by atoms with Gasteiger partial charge in [0.05, 0.1) is 30.6 Å². The minimum Gasteiger partial charge on any atom is -0.394 e. The van der Waals surface area contributed by atoms with Crippen molar-refractivity contribution in [3.05, 3.63) is 61.2 Å². The number of aliphatic hydroxyl groups is 1. The largest absolute Gasteiger partial charge is 0.394 e. The number of rotatable bonds is 10. The highest BCUT2D eigenvalue weighted by atomic mass is 79.9. The lowest BCUT2D eigenvalue weighted by molar-refractivity contribution is -0.153. The van der Waals surface area contributed by atoms with Crippen molar-refractivity contribution in [1.29, 1.82) is 0 Å². The molecule has 40 heavy (non-hydrogen) atoms. The van der Waals surface area contributed by atoms with Gasteiger partial charge in [0.15, 0.2) is 0 Å². The molecular weight excluding hydrogens is 574 g/mol. The summed E-state index contributed by atoms with van der Waals surface area (Å²) in [7, 11) is 1.70. The molecule has 0 aromatic heterocycles. The topological polar surface area (TPSA) is 90.4 Å². The van der Waals surface area contributed by atoms with Crippen molar-refractivity contribution in [1.82, 2.24) is 14.7 Å². The third kappa shape index (κ3) is 4.64. The van der Waals surface area contributed by atoms with Crippen molar-refractivity contribution < 1.29 is 24.2 Å². The summed E-state index contributed by atoms with van der Waals surface area (Å²) in [5.74, 6) is -2.26. The summed E-state index contributed by atoms with van der Waals surface area (Å²) < 4.78 is 6.70. The highest BCUT2D eigenvalue weighted by Crippen LogP contribution is 2.61. The molecule has 0 radical (unpaired) electrons. The maximum Gasteiger partial charge on any atom is 0.248 e. The van der Waals surface area contributed by atoms with Crippen molar-refractivity contribution in [2.45, 2.75) is 73.2 Å². The molecule has 1 aliphatic carbocycles. The number of carbonyl (C=O) groups is 3. The number of ether oxygens (including phenoxy) is 1. The molecule has 1 aromatic carbocycles. The quantitative estimate of drug-likeness (QED) is 0.322. The van der Waals surface area contributed by atoms with E-state index in [1.54, 1.807) is 29.0 Å². The van der Waals surface area contributed by atoms with E-state index in [9.17, 15) is 19.5 Å². The average Bonchev–Trinajstić information content (AvgIpc) is 3.56. The van der Waals surface area contributed by atoms with Crippen LogP contribution >= 0.6 is 15.9 Å². The fourth-order valence-corrected chi connectivity index (χ4v) is 8.58. The Morgan fingerprint density at radius 3 is 2.45 bits per heavy atom. The minimum atomic E-state index is -1.18. The number of fused-ring (bicyclic) bond motifs is 1. The smallest absolute Gasteiger partial charge is 0.248 e. The lowest BCUT2D eigenvalue weighted by Crippen LogP contribution is -2.59. The standard InChI is InChI=1S/C31H40BrN3O5/c1-4-16-33(3)28(37)24-25-29(38)35(23(19-36)20-12-8-6-9-13-20)27(31(25)18-22(32)26(24)40-31)30(39)34(17-5-2)21-14-10-7-11-15-21/h4-6,8-9,12-13,21-27,36H,1-2,7,10-11,14-19H2,3H3/t22?,23-,24-,25+,26-,27?,31?/m1/s1. The molecule has 1 spiro atoms. The Labute approximate surface area is 245 Å². The van der Waals surface area contributed by atoms with E-state index in [-0.39, 0.29) is 35.2 Å². The van der Waals surface area contributed by atoms with Crippen LogP contribution in [0.2, 0.25) is 0 Å². The summed E-state index contributed by atoms with van der Waals surface area (Å²) in [6.07, 6.45) is 8.32. The molecule has 3 heterocycles. The Bertz CT molecular complexity index is 1140. The summed E-state index contributed by atoms with van der Waals surface area (Å²) >= 11 is 3.75. The third-order valence-corrected chi connectivity index (χ3v) is 10.2. The number of aliphatic hydroxyl groups excluding tert-OH is 1. The van der Waals surface area contributed by atoms with Crippen LogP contribution < -0.4 is 0 Å². The molecule has 4 aliphatic rings. The molecule has 2 bridgehead atoms. The van der Waals surface area contributed by atoms with Crippen LogP contribution in [-0.2, 0) is 19.1 Å². The first kappa shape index (κ1) is 29.0. The van der Waals surface area contributed by atoms with E-state index in [1.807, 2.05) is 35.2 Å². The van der Waals surface area contributed by atoms with Crippen LogP contribution in [0.5, 0.6) is 0 Å². The minimum absolute atomic E-state index is 0.0467. The maximum absolute atomic E-state index is 14.8. The lowest BCUT2D eigenvalue weighted by atomic mass is 9.70. The zero-order valence-corrected chi connectivity index (χ0v) is 24.7. The van der Waals surface area contributed by atoms with Gasteiger partial charge in [-0.05, 0) is 24.8 Å². The number of halogens is 1. The molecule has 7 atom stereocenters. The fourth-order valence-electron chi connectivity index (χ4n) is 7.64. The molecule has 3 unspecified atom stereocenters. The van der Waals surface area contributed by atoms with Gasteiger partial charge >= 0.3 is 0 Å². The Kier molecular flexibility index (Phi) is 8.55. The normalized spacial score (nSPS) is 32.0. The van der Waals surface area contributed by atoms with Crippen molar-refractivity contribution in [2.24, 2.45) is 11.8 Å². The first-order valence-electron chi connectivity index (χ1n) is 14.4. The van der Waals surface area contributed by atoms with E-state index < -0.39 is 35.6 Å². The number of amides is 3. The zero-order chi connectivity index (χ0) is 28.6. The van der Waals surface area contributed by atoms with E-state index in [2.05, 4.69) is 29.1 Å². The highest BCUT2D eigenvalue weighted by Gasteiger charge is 2.77. The third-order valence-electron chi connectivity index (χ3n) is 9.34. The number of nitrogens with zero attached hydrogens (tertiary/aromatic N) is 3. The van der Waals surface area contributed by atoms with Gasteiger partial charge in [0.25, 0.3) is 0 Å². The molecule has 3 aliphatic heterocycles. The first-order valence-corrected chi connectivity index (χ1v) is 15.3. The fraction of sp³-hybridized carbons (Fsp3) is 0.581. The van der Waals surface area contributed by atoms with Crippen LogP contribution in [0.1, 0.15) is 50.1 Å². The number of likely N-dealkylation sites (N-methyl/N-ethyl adjacent to an activating group) is 1. The van der Waals surface area contributed by atoms with E-state index in [4.69, 9.17) is 4.74 Å². The second-order valence-corrected chi connectivity index (χ2v) is 12.8. The Hall–Kier alpha value is -2.49. The van der Waals surface area contributed by atoms with Crippen molar-refractivity contribution >= 4 is 33.7 Å². The monoisotopic (exact) mass is 613 g/mol. The summed E-state index contributed by atoms with van der Waals surface area (Å²) in [5.41, 5.74) is -0.449. The average molecular weight is 615 g/mol. The molecule has 4 fully saturated rings. The number of carbonyl (C=O) groups excluding carboxylic acids is 3. The molecule has 1 aromatic rings. The van der Waals surface area contributed by atoms with Crippen molar-refractivity contribution in [3.8, 4) is 0 Å². The number of likely N-dealkylation sites (tertiary alicyclic amines) is 1. The predicted molar refractivity (Wildman–Crippen MR) is 155 cm³/mol. The summed E-state index contributed by atoms with van der Waals surface area (Å²) in [6.45, 7) is 8.02. The Morgan fingerprint density at radius 1 is 1.15 bits per heavy atom. The van der Waals surface area contributed by atoms with Gasteiger partial charge in [-0.3, -0.25) is 14.4 Å². The molecule has 8 nitrogen and oxygen atoms in total. The molecule has 216 valence electrons. The highest BCUT2D eigenvalue weighted by molar-refractivity contribution is 9.09. The maximum atomic E-state index is 14.8. The Morgan fingerprint density at radius 2 is 1.82 bits per heavy atom. The predicted octanol–water partition coefficient (Wildman–Crippen LogP) is 3.46. The summed E-state index contributed by atoms with van der Waals surface area (Å²) in [5, 5.41) is 10.7. The second-order valence-electron chi connectivity index (χ2n) is 11.6. The van der Waals surface area contributed by atoms with Gasteiger partial charge < -0.3 is 24.5 Å². The van der Waals surface area contributed by atoms with Gasteiger partial charge in [0.2, 0.25) is 17.7 Å². The van der Waals surface area contributed by atoms with Crippen LogP contribution in [0.3, 0.4) is 0 Å². The number of alkyl halides is 1. The van der Waals surface area contributed by atoms with E-state index in [0.29, 0.717) is 19.5 Å². The van der Waals surface area contributed by atoms with Crippen molar-refractivity contribution in [3.63, 3.8) is 0 Å². The zero-order valence-electron chi connectivity index (χ0n) is 23.2. The van der Waals surface area contributed by atoms with Crippen LogP contribution in [0.15, 0.2) is 55.6 Å². The molecule has 3 saturated heterocycles. The van der Waals surface area contributed by atoms with Crippen LogP contribution in [0.25, 0.3) is 0 Å².